The predicted molar refractivity (Wildman–Crippen MR) is 66.8 cm³/mol. The van der Waals surface area contributed by atoms with Gasteiger partial charge in [0.15, 0.2) is 0 Å². The van der Waals surface area contributed by atoms with Crippen LogP contribution in [0.2, 0.25) is 0 Å². The van der Waals surface area contributed by atoms with Gasteiger partial charge in [-0.05, 0) is 39.7 Å². The fraction of sp³-hybridized carbons (Fsp3) is 0.923. The molecule has 1 N–H and O–H groups in total. The van der Waals surface area contributed by atoms with E-state index in [4.69, 9.17) is 4.74 Å². The van der Waals surface area contributed by atoms with Gasteiger partial charge in [-0.25, -0.2) is 0 Å². The number of nitrogens with zero attached hydrogens (tertiary/aromatic N) is 1. The first-order valence-electron chi connectivity index (χ1n) is 6.76. The number of nitrogens with one attached hydrogen (secondary N) is 1. The van der Waals surface area contributed by atoms with Crippen molar-refractivity contribution in [1.29, 1.82) is 0 Å². The van der Waals surface area contributed by atoms with Gasteiger partial charge in [-0.2, -0.15) is 0 Å². The van der Waals surface area contributed by atoms with Crippen LogP contribution in [0, 0.1) is 0 Å². The second-order valence-electron chi connectivity index (χ2n) is 5.41. The van der Waals surface area contributed by atoms with Gasteiger partial charge in [0, 0.05) is 13.2 Å². The van der Waals surface area contributed by atoms with Crippen molar-refractivity contribution in [2.24, 2.45) is 0 Å². The van der Waals surface area contributed by atoms with E-state index in [1.807, 2.05) is 4.90 Å². The average molecular weight is 240 g/mol. The Morgan fingerprint density at radius 1 is 1.59 bits per heavy atom. The highest BCUT2D eigenvalue weighted by Gasteiger charge is 2.48. The van der Waals surface area contributed by atoms with Crippen molar-refractivity contribution in [3.05, 3.63) is 0 Å². The molecule has 0 bridgehead atoms. The summed E-state index contributed by atoms with van der Waals surface area (Å²) in [7, 11) is 0. The van der Waals surface area contributed by atoms with E-state index in [2.05, 4.69) is 26.1 Å². The minimum atomic E-state index is -0.0975. The zero-order valence-electron chi connectivity index (χ0n) is 11.2. The maximum absolute atomic E-state index is 12.4. The molecule has 4 heteroatoms. The maximum atomic E-state index is 12.4. The second-order valence-corrected chi connectivity index (χ2v) is 5.41. The van der Waals surface area contributed by atoms with Crippen molar-refractivity contribution in [1.82, 2.24) is 10.2 Å². The number of amides is 1. The highest BCUT2D eigenvalue weighted by molar-refractivity contribution is 5.84. The average Bonchev–Trinajstić information content (AvgIpc) is 2.82. The van der Waals surface area contributed by atoms with Gasteiger partial charge in [-0.3, -0.25) is 4.79 Å². The molecule has 0 saturated carbocycles. The Labute approximate surface area is 104 Å². The van der Waals surface area contributed by atoms with E-state index in [-0.39, 0.29) is 23.6 Å². The number of hydrogen-bond donors (Lipinski definition) is 1. The summed E-state index contributed by atoms with van der Waals surface area (Å²) in [6.07, 6.45) is 3.11. The third-order valence-electron chi connectivity index (χ3n) is 4.31. The highest BCUT2D eigenvalue weighted by atomic mass is 16.5. The topological polar surface area (TPSA) is 41.6 Å². The molecule has 2 saturated heterocycles. The fourth-order valence-electron chi connectivity index (χ4n) is 2.87. The van der Waals surface area contributed by atoms with Crippen LogP contribution in [0.25, 0.3) is 0 Å². The molecule has 4 nitrogen and oxygen atoms in total. The van der Waals surface area contributed by atoms with Gasteiger partial charge in [-0.1, -0.05) is 6.92 Å². The molecular weight excluding hydrogens is 216 g/mol. The van der Waals surface area contributed by atoms with Crippen LogP contribution in [0.4, 0.5) is 0 Å². The molecule has 0 spiro atoms. The summed E-state index contributed by atoms with van der Waals surface area (Å²) in [5.74, 6) is 0.262. The highest BCUT2D eigenvalue weighted by Crippen LogP contribution is 2.34. The van der Waals surface area contributed by atoms with E-state index in [0.717, 1.165) is 39.0 Å². The Bertz CT molecular complexity index is 295. The van der Waals surface area contributed by atoms with Gasteiger partial charge in [0.05, 0.1) is 17.7 Å². The molecule has 98 valence electrons. The molecule has 3 unspecified atom stereocenters. The van der Waals surface area contributed by atoms with Crippen LogP contribution >= 0.6 is 0 Å². The molecule has 0 radical (unpaired) electrons. The molecule has 0 aromatic rings. The predicted octanol–water partition coefficient (Wildman–Crippen LogP) is 1.15. The van der Waals surface area contributed by atoms with Crippen LogP contribution in [0.1, 0.15) is 40.0 Å². The standard InChI is InChI=1S/C13H24N2O2/c1-4-7-14-11-5-8-15(12(11)16)13(3)6-9-17-10(13)2/h10-11,14H,4-9H2,1-3H3. The molecule has 17 heavy (non-hydrogen) atoms. The van der Waals surface area contributed by atoms with Gasteiger partial charge < -0.3 is 15.0 Å². The van der Waals surface area contributed by atoms with Crippen molar-refractivity contribution in [3.8, 4) is 0 Å². The van der Waals surface area contributed by atoms with Gasteiger partial charge in [-0.15, -0.1) is 0 Å². The number of ether oxygens (including phenoxy) is 1. The molecule has 1 amide bonds. The first kappa shape index (κ1) is 12.8. The largest absolute Gasteiger partial charge is 0.376 e. The number of hydrogen-bond acceptors (Lipinski definition) is 3. The molecule has 0 aromatic heterocycles. The minimum Gasteiger partial charge on any atom is -0.376 e. The first-order chi connectivity index (χ1) is 8.09. The van der Waals surface area contributed by atoms with Gasteiger partial charge in [0.25, 0.3) is 0 Å². The van der Waals surface area contributed by atoms with E-state index in [1.165, 1.54) is 0 Å². The second kappa shape index (κ2) is 4.94. The van der Waals surface area contributed by atoms with Crippen LogP contribution in [-0.4, -0.2) is 48.2 Å². The molecule has 2 rings (SSSR count). The van der Waals surface area contributed by atoms with Crippen LogP contribution in [0.15, 0.2) is 0 Å². The summed E-state index contributed by atoms with van der Waals surface area (Å²) in [6.45, 7) is 8.92. The Morgan fingerprint density at radius 2 is 2.35 bits per heavy atom. The van der Waals surface area contributed by atoms with Gasteiger partial charge >= 0.3 is 0 Å². The van der Waals surface area contributed by atoms with Crippen LogP contribution < -0.4 is 5.32 Å². The SMILES string of the molecule is CCCNC1CCN(C2(C)CCOC2C)C1=O. The fourth-order valence-corrected chi connectivity index (χ4v) is 2.87. The van der Waals surface area contributed by atoms with Crippen molar-refractivity contribution in [2.75, 3.05) is 19.7 Å². The third-order valence-corrected chi connectivity index (χ3v) is 4.31. The van der Waals surface area contributed by atoms with Crippen molar-refractivity contribution in [2.45, 2.75) is 57.7 Å². The summed E-state index contributed by atoms with van der Waals surface area (Å²) in [4.78, 5) is 14.4. The number of carbonyl (C=O) groups excluding carboxylic acids is 1. The number of likely N-dealkylation sites (tertiary alicyclic amines) is 1. The molecule has 0 aromatic carbocycles. The molecule has 2 fully saturated rings. The Kier molecular flexibility index (Phi) is 3.73. The lowest BCUT2D eigenvalue weighted by molar-refractivity contribution is -0.136. The van der Waals surface area contributed by atoms with Crippen LogP contribution in [0.3, 0.4) is 0 Å². The molecular formula is C13H24N2O2. The van der Waals surface area contributed by atoms with Gasteiger partial charge in [0.1, 0.15) is 0 Å². The number of rotatable bonds is 4. The van der Waals surface area contributed by atoms with Gasteiger partial charge in [0.2, 0.25) is 5.91 Å². The normalized spacial score (nSPS) is 38.1. The zero-order chi connectivity index (χ0) is 12.5. The van der Waals surface area contributed by atoms with Crippen molar-refractivity contribution < 1.29 is 9.53 Å². The lowest BCUT2D eigenvalue weighted by atomic mass is 9.92. The number of carbonyl (C=O) groups is 1. The molecule has 2 aliphatic rings. The van der Waals surface area contributed by atoms with Crippen molar-refractivity contribution >= 4 is 5.91 Å². The van der Waals surface area contributed by atoms with E-state index < -0.39 is 0 Å². The summed E-state index contributed by atoms with van der Waals surface area (Å²) in [5.41, 5.74) is -0.0975. The Morgan fingerprint density at radius 3 is 2.94 bits per heavy atom. The Hall–Kier alpha value is -0.610. The van der Waals surface area contributed by atoms with Crippen LogP contribution in [0.5, 0.6) is 0 Å². The quantitative estimate of drug-likeness (QED) is 0.801. The Balaban J connectivity index is 2.02. The third kappa shape index (κ3) is 2.20. The zero-order valence-corrected chi connectivity index (χ0v) is 11.2. The van der Waals surface area contributed by atoms with Crippen molar-refractivity contribution in [3.63, 3.8) is 0 Å². The van der Waals surface area contributed by atoms with Crippen LogP contribution in [-0.2, 0) is 9.53 Å². The minimum absolute atomic E-state index is 0.0274. The lowest BCUT2D eigenvalue weighted by Gasteiger charge is -2.38. The first-order valence-corrected chi connectivity index (χ1v) is 6.76. The molecule has 2 heterocycles. The summed E-state index contributed by atoms with van der Waals surface area (Å²) >= 11 is 0. The van der Waals surface area contributed by atoms with E-state index in [1.54, 1.807) is 0 Å². The lowest BCUT2D eigenvalue weighted by Crippen LogP contribution is -2.53. The summed E-state index contributed by atoms with van der Waals surface area (Å²) < 4.78 is 5.63. The monoisotopic (exact) mass is 240 g/mol. The summed E-state index contributed by atoms with van der Waals surface area (Å²) in [5, 5.41) is 3.33. The molecule has 2 aliphatic heterocycles. The molecule has 0 aliphatic carbocycles. The molecule has 3 atom stereocenters. The van der Waals surface area contributed by atoms with E-state index in [0.29, 0.717) is 0 Å². The maximum Gasteiger partial charge on any atom is 0.240 e. The smallest absolute Gasteiger partial charge is 0.240 e. The van der Waals surface area contributed by atoms with E-state index >= 15 is 0 Å². The van der Waals surface area contributed by atoms with E-state index in [9.17, 15) is 4.79 Å². The summed E-state index contributed by atoms with van der Waals surface area (Å²) in [6, 6.07) is 0.0274.